The maximum atomic E-state index is 12.4. The van der Waals surface area contributed by atoms with E-state index in [1.807, 2.05) is 13.0 Å². The van der Waals surface area contributed by atoms with Gasteiger partial charge in [0, 0.05) is 4.90 Å². The van der Waals surface area contributed by atoms with Gasteiger partial charge in [-0.15, -0.1) is 11.8 Å². The van der Waals surface area contributed by atoms with E-state index < -0.39 is 11.7 Å². The van der Waals surface area contributed by atoms with Gasteiger partial charge in [-0.3, -0.25) is 0 Å². The molecular weight excluding hydrogens is 247 g/mol. The van der Waals surface area contributed by atoms with Gasteiger partial charge in [0.1, 0.15) is 6.07 Å². The fourth-order valence-electron chi connectivity index (χ4n) is 1.25. The van der Waals surface area contributed by atoms with Crippen molar-refractivity contribution in [1.82, 2.24) is 0 Å². The number of nitriles is 1. The van der Waals surface area contributed by atoms with Crippen LogP contribution in [0.5, 0.6) is 0 Å². The molecule has 0 saturated carbocycles. The van der Waals surface area contributed by atoms with E-state index in [9.17, 15) is 13.2 Å². The molecule has 0 spiro atoms. The molecule has 0 N–H and O–H groups in total. The molecule has 0 atom stereocenters. The lowest BCUT2D eigenvalue weighted by Crippen LogP contribution is -2.05. The first-order chi connectivity index (χ1) is 7.99. The van der Waals surface area contributed by atoms with E-state index in [0.717, 1.165) is 30.7 Å². The predicted octanol–water partition coefficient (Wildman–Crippen LogP) is 4.47. The molecule has 0 aliphatic rings. The Labute approximate surface area is 103 Å². The lowest BCUT2D eigenvalue weighted by Gasteiger charge is -2.09. The molecule has 0 fully saturated rings. The molecule has 0 aliphatic carbocycles. The summed E-state index contributed by atoms with van der Waals surface area (Å²) >= 11 is 1.43. The minimum absolute atomic E-state index is 0.0981. The maximum absolute atomic E-state index is 12.4. The van der Waals surface area contributed by atoms with Crippen molar-refractivity contribution < 1.29 is 13.2 Å². The molecule has 0 radical (unpaired) electrons. The van der Waals surface area contributed by atoms with Gasteiger partial charge in [-0.1, -0.05) is 13.3 Å². The fourth-order valence-corrected chi connectivity index (χ4v) is 2.32. The molecule has 0 amide bonds. The summed E-state index contributed by atoms with van der Waals surface area (Å²) in [5.41, 5.74) is -0.671. The number of hydrogen-bond acceptors (Lipinski definition) is 2. The molecule has 0 bridgehead atoms. The van der Waals surface area contributed by atoms with E-state index in [4.69, 9.17) is 5.26 Å². The quantitative estimate of drug-likeness (QED) is 0.588. The monoisotopic (exact) mass is 259 g/mol. The Morgan fingerprint density at radius 2 is 2.06 bits per heavy atom. The van der Waals surface area contributed by atoms with Crippen molar-refractivity contribution >= 4 is 11.8 Å². The van der Waals surface area contributed by atoms with Gasteiger partial charge in [0.15, 0.2) is 0 Å². The average molecular weight is 259 g/mol. The zero-order valence-corrected chi connectivity index (χ0v) is 10.2. The van der Waals surface area contributed by atoms with E-state index in [1.165, 1.54) is 17.8 Å². The van der Waals surface area contributed by atoms with E-state index in [0.29, 0.717) is 4.90 Å². The van der Waals surface area contributed by atoms with Crippen LogP contribution in [0.3, 0.4) is 0 Å². The van der Waals surface area contributed by atoms with Gasteiger partial charge in [0.2, 0.25) is 0 Å². The second-order valence-corrected chi connectivity index (χ2v) is 4.66. The lowest BCUT2D eigenvalue weighted by atomic mass is 10.1. The number of alkyl halides is 3. The summed E-state index contributed by atoms with van der Waals surface area (Å²) < 4.78 is 37.3. The Kier molecular flexibility index (Phi) is 4.88. The molecule has 1 aromatic carbocycles. The third-order valence-corrected chi connectivity index (χ3v) is 3.34. The summed E-state index contributed by atoms with van der Waals surface area (Å²) in [6.07, 6.45) is -2.38. The van der Waals surface area contributed by atoms with Crippen LogP contribution in [-0.2, 0) is 6.18 Å². The summed E-state index contributed by atoms with van der Waals surface area (Å²) in [6, 6.07) is 5.12. The van der Waals surface area contributed by atoms with Crippen LogP contribution in [0.1, 0.15) is 30.9 Å². The summed E-state index contributed by atoms with van der Waals surface area (Å²) in [5, 5.41) is 8.83. The summed E-state index contributed by atoms with van der Waals surface area (Å²) in [5.74, 6) is 0.816. The number of nitrogens with zero attached hydrogens (tertiary/aromatic N) is 1. The zero-order valence-electron chi connectivity index (χ0n) is 9.34. The van der Waals surface area contributed by atoms with Crippen molar-refractivity contribution in [3.8, 4) is 6.07 Å². The van der Waals surface area contributed by atoms with E-state index in [-0.39, 0.29) is 5.56 Å². The highest BCUT2D eigenvalue weighted by Gasteiger charge is 2.30. The van der Waals surface area contributed by atoms with Crippen molar-refractivity contribution in [3.63, 3.8) is 0 Å². The molecular formula is C12H12F3NS. The lowest BCUT2D eigenvalue weighted by molar-refractivity contribution is -0.137. The second-order valence-electron chi connectivity index (χ2n) is 3.52. The van der Waals surface area contributed by atoms with Crippen LogP contribution >= 0.6 is 11.8 Å². The highest BCUT2D eigenvalue weighted by atomic mass is 32.2. The highest BCUT2D eigenvalue weighted by molar-refractivity contribution is 7.99. The largest absolute Gasteiger partial charge is 0.416 e. The molecule has 1 rings (SSSR count). The van der Waals surface area contributed by atoms with Gasteiger partial charge in [-0.2, -0.15) is 18.4 Å². The number of hydrogen-bond donors (Lipinski definition) is 0. The molecule has 0 saturated heterocycles. The summed E-state index contributed by atoms with van der Waals surface area (Å²) in [7, 11) is 0. The first kappa shape index (κ1) is 13.9. The third kappa shape index (κ3) is 3.97. The third-order valence-electron chi connectivity index (χ3n) is 2.18. The van der Waals surface area contributed by atoms with E-state index in [1.54, 1.807) is 0 Å². The maximum Gasteiger partial charge on any atom is 0.416 e. The fraction of sp³-hybridized carbons (Fsp3) is 0.417. The van der Waals surface area contributed by atoms with Crippen LogP contribution in [-0.4, -0.2) is 5.75 Å². The van der Waals surface area contributed by atoms with Crippen LogP contribution in [0.25, 0.3) is 0 Å². The number of thioether (sulfide) groups is 1. The van der Waals surface area contributed by atoms with Crippen molar-refractivity contribution in [3.05, 3.63) is 29.3 Å². The average Bonchev–Trinajstić information content (AvgIpc) is 2.28. The van der Waals surface area contributed by atoms with Crippen molar-refractivity contribution in [2.24, 2.45) is 0 Å². The molecule has 1 aromatic rings. The summed E-state index contributed by atoms with van der Waals surface area (Å²) in [4.78, 5) is 0.619. The first-order valence-electron chi connectivity index (χ1n) is 5.23. The SMILES string of the molecule is CCCCSc1ccc(C(F)(F)F)cc1C#N. The minimum atomic E-state index is -4.39. The van der Waals surface area contributed by atoms with Gasteiger partial charge >= 0.3 is 6.18 Å². The Morgan fingerprint density at radius 3 is 2.59 bits per heavy atom. The molecule has 0 unspecified atom stereocenters. The van der Waals surface area contributed by atoms with E-state index >= 15 is 0 Å². The Bertz CT molecular complexity index is 421. The highest BCUT2D eigenvalue weighted by Crippen LogP contribution is 2.33. The van der Waals surface area contributed by atoms with E-state index in [2.05, 4.69) is 0 Å². The van der Waals surface area contributed by atoms with Crippen LogP contribution < -0.4 is 0 Å². The van der Waals surface area contributed by atoms with Gasteiger partial charge in [-0.05, 0) is 30.4 Å². The van der Waals surface area contributed by atoms with Crippen molar-refractivity contribution in [2.75, 3.05) is 5.75 Å². The number of unbranched alkanes of at least 4 members (excludes halogenated alkanes) is 1. The Hall–Kier alpha value is -1.15. The first-order valence-corrected chi connectivity index (χ1v) is 6.21. The van der Waals surface area contributed by atoms with Crippen molar-refractivity contribution in [2.45, 2.75) is 30.8 Å². The van der Waals surface area contributed by atoms with Crippen LogP contribution in [0, 0.1) is 11.3 Å². The van der Waals surface area contributed by atoms with Crippen LogP contribution in [0.15, 0.2) is 23.1 Å². The molecule has 92 valence electrons. The smallest absolute Gasteiger partial charge is 0.192 e. The predicted molar refractivity (Wildman–Crippen MR) is 61.8 cm³/mol. The second kappa shape index (κ2) is 5.97. The minimum Gasteiger partial charge on any atom is -0.192 e. The van der Waals surface area contributed by atoms with Gasteiger partial charge in [-0.25, -0.2) is 0 Å². The van der Waals surface area contributed by atoms with Gasteiger partial charge in [0.25, 0.3) is 0 Å². The molecule has 5 heteroatoms. The molecule has 0 aliphatic heterocycles. The molecule has 0 heterocycles. The standard InChI is InChI=1S/C12H12F3NS/c1-2-3-6-17-11-5-4-10(12(13,14)15)7-9(11)8-16/h4-5,7H,2-3,6H2,1H3. The topological polar surface area (TPSA) is 23.8 Å². The Morgan fingerprint density at radius 1 is 1.35 bits per heavy atom. The van der Waals surface area contributed by atoms with Crippen LogP contribution in [0.2, 0.25) is 0 Å². The van der Waals surface area contributed by atoms with Crippen LogP contribution in [0.4, 0.5) is 13.2 Å². The zero-order chi connectivity index (χ0) is 12.9. The molecule has 17 heavy (non-hydrogen) atoms. The molecule has 0 aromatic heterocycles. The molecule has 1 nitrogen and oxygen atoms in total. The number of rotatable bonds is 4. The normalized spacial score (nSPS) is 11.2. The van der Waals surface area contributed by atoms with Gasteiger partial charge in [0.05, 0.1) is 11.1 Å². The summed E-state index contributed by atoms with van der Waals surface area (Å²) in [6.45, 7) is 2.04. The number of benzene rings is 1. The van der Waals surface area contributed by atoms with Gasteiger partial charge < -0.3 is 0 Å². The van der Waals surface area contributed by atoms with Crippen molar-refractivity contribution in [1.29, 1.82) is 5.26 Å². The Balaban J connectivity index is 2.91. The number of halogens is 3.